The minimum absolute atomic E-state index is 0.105. The number of phenols is 1. The summed E-state index contributed by atoms with van der Waals surface area (Å²) >= 11 is 0. The third-order valence-electron chi connectivity index (χ3n) is 6.72. The molecule has 0 spiro atoms. The van der Waals surface area contributed by atoms with E-state index in [2.05, 4.69) is 4.90 Å². The number of Topliss-reactive ketones (excluding diaryl/α,β-unsaturated/α-hetero) is 1. The van der Waals surface area contributed by atoms with Gasteiger partial charge in [0.1, 0.15) is 11.5 Å². The lowest BCUT2D eigenvalue weighted by atomic mass is 9.99. The van der Waals surface area contributed by atoms with Gasteiger partial charge in [0.05, 0.1) is 17.7 Å². The number of nitrogens with zero attached hydrogens (tertiary/aromatic N) is 3. The highest BCUT2D eigenvalue weighted by molar-refractivity contribution is 6.16. The standard InChI is InChI=1S/C27H29N3O5/c1-4-34-27(33)30-11-9-29(10-12-30)16-20-22(31)13-17(2)24-25(32)23(35-26(20)24)14-18-15-28(3)21-8-6-5-7-19(18)21/h5-8,13-15,31H,4,9-12,16H2,1-3H3/b23-14+. The molecule has 1 fully saturated rings. The van der Waals surface area contributed by atoms with E-state index in [-0.39, 0.29) is 23.4 Å². The van der Waals surface area contributed by atoms with Crippen LogP contribution in [0.1, 0.15) is 34.0 Å². The number of amides is 1. The van der Waals surface area contributed by atoms with Crippen LogP contribution in [0.25, 0.3) is 17.0 Å². The maximum atomic E-state index is 13.3. The molecule has 5 rings (SSSR count). The summed E-state index contributed by atoms with van der Waals surface area (Å²) in [4.78, 5) is 29.2. The van der Waals surface area contributed by atoms with Crippen molar-refractivity contribution in [1.82, 2.24) is 14.4 Å². The minimum atomic E-state index is -0.302. The van der Waals surface area contributed by atoms with Crippen LogP contribution in [-0.4, -0.2) is 64.1 Å². The molecular formula is C27H29N3O5. The second kappa shape index (κ2) is 9.11. The summed E-state index contributed by atoms with van der Waals surface area (Å²) in [6.45, 7) is 6.71. The number of allylic oxidation sites excluding steroid dienone is 1. The molecule has 0 aliphatic carbocycles. The second-order valence-corrected chi connectivity index (χ2v) is 9.01. The summed E-state index contributed by atoms with van der Waals surface area (Å²) in [6.07, 6.45) is 3.46. The summed E-state index contributed by atoms with van der Waals surface area (Å²) < 4.78 is 13.3. The molecule has 2 aliphatic heterocycles. The van der Waals surface area contributed by atoms with Crippen molar-refractivity contribution in [2.45, 2.75) is 20.4 Å². The molecule has 0 atom stereocenters. The number of aromatic nitrogens is 1. The number of aryl methyl sites for hydroxylation is 2. The molecule has 0 unspecified atom stereocenters. The molecule has 2 aliphatic rings. The Kier molecular flexibility index (Phi) is 5.98. The number of hydrogen-bond donors (Lipinski definition) is 1. The Hall–Kier alpha value is -3.78. The number of carbonyl (C=O) groups excluding carboxylic acids is 2. The van der Waals surface area contributed by atoms with Crippen LogP contribution in [0.3, 0.4) is 0 Å². The highest BCUT2D eigenvalue weighted by Gasteiger charge is 2.34. The third-order valence-corrected chi connectivity index (χ3v) is 6.72. The van der Waals surface area contributed by atoms with Crippen LogP contribution in [0.2, 0.25) is 0 Å². The number of phenolic OH excluding ortho intramolecular Hbond substituents is 1. The number of carbonyl (C=O) groups is 2. The van der Waals surface area contributed by atoms with Crippen molar-refractivity contribution in [3.05, 3.63) is 64.5 Å². The van der Waals surface area contributed by atoms with Gasteiger partial charge in [-0.2, -0.15) is 0 Å². The number of aromatic hydroxyl groups is 1. The molecule has 1 aromatic heterocycles. The van der Waals surface area contributed by atoms with Gasteiger partial charge >= 0.3 is 6.09 Å². The topological polar surface area (TPSA) is 84.2 Å². The first kappa shape index (κ1) is 23.0. The van der Waals surface area contributed by atoms with Crippen molar-refractivity contribution >= 4 is 28.9 Å². The number of piperazine rings is 1. The average molecular weight is 476 g/mol. The van der Waals surface area contributed by atoms with E-state index in [9.17, 15) is 14.7 Å². The van der Waals surface area contributed by atoms with Crippen molar-refractivity contribution in [1.29, 1.82) is 0 Å². The number of benzene rings is 2. The zero-order chi connectivity index (χ0) is 24.7. The molecule has 182 valence electrons. The fourth-order valence-electron chi connectivity index (χ4n) is 4.89. The highest BCUT2D eigenvalue weighted by atomic mass is 16.6. The molecule has 8 nitrogen and oxygen atoms in total. The Morgan fingerprint density at radius 3 is 2.69 bits per heavy atom. The van der Waals surface area contributed by atoms with Gasteiger partial charge in [0.25, 0.3) is 0 Å². The minimum Gasteiger partial charge on any atom is -0.507 e. The fourth-order valence-corrected chi connectivity index (χ4v) is 4.89. The van der Waals surface area contributed by atoms with Crippen molar-refractivity contribution in [2.24, 2.45) is 7.05 Å². The predicted molar refractivity (Wildman–Crippen MR) is 133 cm³/mol. The van der Waals surface area contributed by atoms with Gasteiger partial charge in [0.15, 0.2) is 5.76 Å². The molecular weight excluding hydrogens is 446 g/mol. The Morgan fingerprint density at radius 1 is 1.20 bits per heavy atom. The zero-order valence-corrected chi connectivity index (χ0v) is 20.2. The van der Waals surface area contributed by atoms with Gasteiger partial charge in [0.2, 0.25) is 5.78 Å². The lowest BCUT2D eigenvalue weighted by Crippen LogP contribution is -2.48. The molecule has 35 heavy (non-hydrogen) atoms. The van der Waals surface area contributed by atoms with E-state index in [0.29, 0.717) is 61.8 Å². The third kappa shape index (κ3) is 4.14. The lowest BCUT2D eigenvalue weighted by molar-refractivity contribution is 0.0774. The quantitative estimate of drug-likeness (QED) is 0.573. The van der Waals surface area contributed by atoms with E-state index in [4.69, 9.17) is 9.47 Å². The number of ketones is 1. The molecule has 0 saturated carbocycles. The van der Waals surface area contributed by atoms with Crippen molar-refractivity contribution < 1.29 is 24.2 Å². The maximum absolute atomic E-state index is 13.3. The van der Waals surface area contributed by atoms with E-state index in [1.807, 2.05) is 49.0 Å². The molecule has 2 aromatic carbocycles. The first-order valence-corrected chi connectivity index (χ1v) is 11.8. The van der Waals surface area contributed by atoms with Gasteiger partial charge in [-0.05, 0) is 37.6 Å². The number of fused-ring (bicyclic) bond motifs is 2. The first-order chi connectivity index (χ1) is 16.9. The Morgan fingerprint density at radius 2 is 1.94 bits per heavy atom. The monoisotopic (exact) mass is 475 g/mol. The first-order valence-electron chi connectivity index (χ1n) is 11.8. The molecule has 3 aromatic rings. The van der Waals surface area contributed by atoms with Gasteiger partial charge in [-0.1, -0.05) is 18.2 Å². The molecule has 3 heterocycles. The summed E-state index contributed by atoms with van der Waals surface area (Å²) in [7, 11) is 1.97. The van der Waals surface area contributed by atoms with Crippen LogP contribution in [0.15, 0.2) is 42.3 Å². The SMILES string of the molecule is CCOC(=O)N1CCN(Cc2c(O)cc(C)c3c2O/C(=C/c2cn(C)c4ccccc24)C3=O)CC1. The summed E-state index contributed by atoms with van der Waals surface area (Å²) in [5.41, 5.74) is 3.73. The van der Waals surface area contributed by atoms with Gasteiger partial charge in [0, 0.05) is 62.4 Å². The normalized spacial score (nSPS) is 17.2. The van der Waals surface area contributed by atoms with Crippen LogP contribution in [-0.2, 0) is 18.3 Å². The van der Waals surface area contributed by atoms with Gasteiger partial charge in [-0.3, -0.25) is 9.69 Å². The maximum Gasteiger partial charge on any atom is 0.409 e. The predicted octanol–water partition coefficient (Wildman–Crippen LogP) is 4.08. The van der Waals surface area contributed by atoms with Crippen LogP contribution in [0.5, 0.6) is 11.5 Å². The number of para-hydroxylation sites is 1. The summed E-state index contributed by atoms with van der Waals surface area (Å²) in [6, 6.07) is 9.64. The molecule has 8 heteroatoms. The second-order valence-electron chi connectivity index (χ2n) is 9.01. The molecule has 0 bridgehead atoms. The van der Waals surface area contributed by atoms with E-state index in [0.717, 1.165) is 16.5 Å². The fraction of sp³-hybridized carbons (Fsp3) is 0.333. The van der Waals surface area contributed by atoms with Gasteiger partial charge in [-0.15, -0.1) is 0 Å². The van der Waals surface area contributed by atoms with E-state index >= 15 is 0 Å². The van der Waals surface area contributed by atoms with Crippen molar-refractivity contribution in [3.63, 3.8) is 0 Å². The van der Waals surface area contributed by atoms with Crippen LogP contribution >= 0.6 is 0 Å². The van der Waals surface area contributed by atoms with Gasteiger partial charge in [-0.25, -0.2) is 4.79 Å². The summed E-state index contributed by atoms with van der Waals surface area (Å²) in [5, 5.41) is 11.8. The van der Waals surface area contributed by atoms with E-state index < -0.39 is 0 Å². The largest absolute Gasteiger partial charge is 0.507 e. The Bertz CT molecular complexity index is 1350. The molecule has 0 radical (unpaired) electrons. The molecule has 1 N–H and O–H groups in total. The number of hydrogen-bond acceptors (Lipinski definition) is 6. The van der Waals surface area contributed by atoms with Crippen LogP contribution in [0.4, 0.5) is 4.79 Å². The van der Waals surface area contributed by atoms with Crippen molar-refractivity contribution in [3.8, 4) is 11.5 Å². The Balaban J connectivity index is 1.41. The lowest BCUT2D eigenvalue weighted by Gasteiger charge is -2.34. The highest BCUT2D eigenvalue weighted by Crippen LogP contribution is 2.42. The van der Waals surface area contributed by atoms with Crippen molar-refractivity contribution in [2.75, 3.05) is 32.8 Å². The van der Waals surface area contributed by atoms with Crippen LogP contribution < -0.4 is 4.74 Å². The van der Waals surface area contributed by atoms with Crippen LogP contribution in [0, 0.1) is 6.92 Å². The zero-order valence-electron chi connectivity index (χ0n) is 20.2. The summed E-state index contributed by atoms with van der Waals surface area (Å²) in [5.74, 6) is 0.595. The smallest absolute Gasteiger partial charge is 0.409 e. The van der Waals surface area contributed by atoms with Gasteiger partial charge < -0.3 is 24.0 Å². The van der Waals surface area contributed by atoms with E-state index in [1.165, 1.54) is 0 Å². The average Bonchev–Trinajstić information content (AvgIpc) is 3.34. The molecule has 1 amide bonds. The van der Waals surface area contributed by atoms with E-state index in [1.54, 1.807) is 24.0 Å². The number of rotatable bonds is 4. The number of ether oxygens (including phenoxy) is 2. The molecule has 1 saturated heterocycles. The Labute approximate surface area is 203 Å².